The van der Waals surface area contributed by atoms with E-state index in [0.717, 1.165) is 37.7 Å². The van der Waals surface area contributed by atoms with Crippen LogP contribution in [0.15, 0.2) is 34.9 Å². The van der Waals surface area contributed by atoms with Gasteiger partial charge in [-0.1, -0.05) is 11.2 Å². The molecule has 3 heterocycles. The maximum absolute atomic E-state index is 5.54. The highest BCUT2D eigenvalue weighted by Crippen LogP contribution is 2.43. The number of rotatable bonds is 7. The van der Waals surface area contributed by atoms with Gasteiger partial charge in [-0.2, -0.15) is 4.98 Å². The largest absolute Gasteiger partial charge is 0.493 e. The predicted octanol–water partition coefficient (Wildman–Crippen LogP) is 2.79. The first-order valence-corrected chi connectivity index (χ1v) is 10.2. The van der Waals surface area contributed by atoms with Crippen LogP contribution in [0.25, 0.3) is 11.4 Å². The fourth-order valence-corrected chi connectivity index (χ4v) is 3.74. The number of nitrogens with zero attached hydrogens (tertiary/aromatic N) is 5. The lowest BCUT2D eigenvalue weighted by Crippen LogP contribution is -2.46. The Kier molecular flexibility index (Phi) is 6.22. The number of methoxy groups -OCH3 is 3. The third-order valence-electron chi connectivity index (χ3n) is 5.34. The number of hydrogen-bond donors (Lipinski definition) is 0. The summed E-state index contributed by atoms with van der Waals surface area (Å²) < 4.78 is 21.8. The molecule has 9 heteroatoms. The molecule has 0 saturated carbocycles. The number of aryl methyl sites for hydroxylation is 1. The van der Waals surface area contributed by atoms with Crippen molar-refractivity contribution in [1.29, 1.82) is 0 Å². The number of aromatic nitrogens is 3. The van der Waals surface area contributed by atoms with Gasteiger partial charge in [-0.05, 0) is 31.2 Å². The molecule has 1 saturated heterocycles. The number of anilines is 1. The van der Waals surface area contributed by atoms with Crippen LogP contribution in [0.2, 0.25) is 0 Å². The topological polar surface area (TPSA) is 86.0 Å². The maximum Gasteiger partial charge on any atom is 0.241 e. The van der Waals surface area contributed by atoms with Crippen molar-refractivity contribution >= 4 is 5.82 Å². The number of pyridine rings is 1. The summed E-state index contributed by atoms with van der Waals surface area (Å²) in [7, 11) is 4.72. The van der Waals surface area contributed by atoms with Gasteiger partial charge < -0.3 is 23.6 Å². The Morgan fingerprint density at radius 3 is 2.35 bits per heavy atom. The molecular weight excluding hydrogens is 398 g/mol. The Labute approximate surface area is 181 Å². The van der Waals surface area contributed by atoms with Gasteiger partial charge in [0.1, 0.15) is 5.82 Å². The molecule has 0 atom stereocenters. The van der Waals surface area contributed by atoms with Crippen molar-refractivity contribution in [3.8, 4) is 28.6 Å². The van der Waals surface area contributed by atoms with Crippen LogP contribution in [0.3, 0.4) is 0 Å². The Morgan fingerprint density at radius 2 is 1.68 bits per heavy atom. The van der Waals surface area contributed by atoms with Gasteiger partial charge in [-0.25, -0.2) is 4.98 Å². The maximum atomic E-state index is 5.54. The second-order valence-corrected chi connectivity index (χ2v) is 7.29. The van der Waals surface area contributed by atoms with Crippen molar-refractivity contribution in [2.45, 2.75) is 13.5 Å². The molecule has 0 spiro atoms. The minimum absolute atomic E-state index is 0.454. The molecule has 4 rings (SSSR count). The molecule has 1 aromatic carbocycles. The van der Waals surface area contributed by atoms with E-state index in [0.29, 0.717) is 41.1 Å². The normalized spacial score (nSPS) is 14.5. The predicted molar refractivity (Wildman–Crippen MR) is 116 cm³/mol. The summed E-state index contributed by atoms with van der Waals surface area (Å²) in [5.41, 5.74) is 1.72. The highest BCUT2D eigenvalue weighted by atomic mass is 16.5. The monoisotopic (exact) mass is 425 g/mol. The highest BCUT2D eigenvalue weighted by Gasteiger charge is 2.23. The van der Waals surface area contributed by atoms with Gasteiger partial charge in [0.25, 0.3) is 0 Å². The molecular formula is C22H27N5O4. The number of piperazine rings is 1. The molecule has 3 aromatic rings. The SMILES string of the molecule is COc1ccc(-c2noc(CN3CCN(c4cccc(C)n4)CC3)n2)c(OC)c1OC. The first-order valence-electron chi connectivity index (χ1n) is 10.2. The zero-order valence-electron chi connectivity index (χ0n) is 18.3. The van der Waals surface area contributed by atoms with E-state index >= 15 is 0 Å². The minimum atomic E-state index is 0.454. The first kappa shape index (κ1) is 20.9. The molecule has 9 nitrogen and oxygen atoms in total. The van der Waals surface area contributed by atoms with Crippen molar-refractivity contribution < 1.29 is 18.7 Å². The number of benzene rings is 1. The second-order valence-electron chi connectivity index (χ2n) is 7.29. The van der Waals surface area contributed by atoms with Crippen molar-refractivity contribution in [3.63, 3.8) is 0 Å². The lowest BCUT2D eigenvalue weighted by atomic mass is 10.1. The van der Waals surface area contributed by atoms with Gasteiger partial charge in [-0.3, -0.25) is 4.90 Å². The molecule has 0 bridgehead atoms. The van der Waals surface area contributed by atoms with E-state index in [2.05, 4.69) is 31.0 Å². The molecule has 0 unspecified atom stereocenters. The Bertz CT molecular complexity index is 1030. The molecule has 0 amide bonds. The van der Waals surface area contributed by atoms with Crippen LogP contribution >= 0.6 is 0 Å². The Morgan fingerprint density at radius 1 is 0.903 bits per heavy atom. The molecule has 164 valence electrons. The zero-order valence-corrected chi connectivity index (χ0v) is 18.3. The van der Waals surface area contributed by atoms with Gasteiger partial charge in [-0.15, -0.1) is 0 Å². The fraction of sp³-hybridized carbons (Fsp3) is 0.409. The summed E-state index contributed by atoms with van der Waals surface area (Å²) in [5.74, 6) is 3.63. The van der Waals surface area contributed by atoms with Gasteiger partial charge in [0.2, 0.25) is 17.5 Å². The smallest absolute Gasteiger partial charge is 0.241 e. The van der Waals surface area contributed by atoms with E-state index in [9.17, 15) is 0 Å². The molecule has 0 radical (unpaired) electrons. The summed E-state index contributed by atoms with van der Waals surface area (Å²) in [4.78, 5) is 13.8. The molecule has 1 aliphatic heterocycles. The van der Waals surface area contributed by atoms with Gasteiger partial charge in [0.15, 0.2) is 11.5 Å². The van der Waals surface area contributed by atoms with E-state index in [-0.39, 0.29) is 0 Å². The first-order chi connectivity index (χ1) is 15.1. The van der Waals surface area contributed by atoms with E-state index in [4.69, 9.17) is 18.7 Å². The number of ether oxygens (including phenoxy) is 3. The minimum Gasteiger partial charge on any atom is -0.493 e. The van der Waals surface area contributed by atoms with E-state index in [1.807, 2.05) is 25.1 Å². The quantitative estimate of drug-likeness (QED) is 0.567. The molecule has 0 aliphatic carbocycles. The third kappa shape index (κ3) is 4.41. The summed E-state index contributed by atoms with van der Waals surface area (Å²) >= 11 is 0. The average Bonchev–Trinajstić information content (AvgIpc) is 3.26. The van der Waals surface area contributed by atoms with Gasteiger partial charge in [0, 0.05) is 31.9 Å². The Balaban J connectivity index is 1.44. The molecule has 2 aromatic heterocycles. The third-order valence-corrected chi connectivity index (χ3v) is 5.34. The van der Waals surface area contributed by atoms with Crippen LogP contribution in [-0.4, -0.2) is 67.5 Å². The summed E-state index contributed by atoms with van der Waals surface area (Å²) in [6, 6.07) is 9.75. The number of hydrogen-bond acceptors (Lipinski definition) is 9. The van der Waals surface area contributed by atoms with Gasteiger partial charge >= 0.3 is 0 Å². The molecule has 0 N–H and O–H groups in total. The molecule has 1 aliphatic rings. The van der Waals surface area contributed by atoms with E-state index < -0.39 is 0 Å². The van der Waals surface area contributed by atoms with Crippen LogP contribution in [0, 0.1) is 6.92 Å². The molecule has 31 heavy (non-hydrogen) atoms. The zero-order chi connectivity index (χ0) is 21.8. The lowest BCUT2D eigenvalue weighted by molar-refractivity contribution is 0.215. The van der Waals surface area contributed by atoms with Crippen molar-refractivity contribution in [1.82, 2.24) is 20.0 Å². The lowest BCUT2D eigenvalue weighted by Gasteiger charge is -2.34. The second kappa shape index (κ2) is 9.22. The Hall–Kier alpha value is -3.33. The average molecular weight is 425 g/mol. The summed E-state index contributed by atoms with van der Waals surface area (Å²) in [6.07, 6.45) is 0. The fourth-order valence-electron chi connectivity index (χ4n) is 3.74. The van der Waals surface area contributed by atoms with Crippen molar-refractivity contribution in [2.24, 2.45) is 0 Å². The van der Waals surface area contributed by atoms with Crippen LogP contribution in [0.1, 0.15) is 11.6 Å². The van der Waals surface area contributed by atoms with E-state index in [1.54, 1.807) is 27.4 Å². The van der Waals surface area contributed by atoms with Crippen LogP contribution in [0.4, 0.5) is 5.82 Å². The van der Waals surface area contributed by atoms with E-state index in [1.165, 1.54) is 0 Å². The standard InChI is InChI=1S/C22H27N5O4/c1-15-6-5-7-18(23-15)27-12-10-26(11-13-27)14-19-24-22(25-31-19)16-8-9-17(28-2)21(30-4)20(16)29-3/h5-9H,10-14H2,1-4H3. The van der Waals surface area contributed by atoms with Crippen molar-refractivity contribution in [3.05, 3.63) is 41.9 Å². The van der Waals surface area contributed by atoms with Crippen molar-refractivity contribution in [2.75, 3.05) is 52.4 Å². The highest BCUT2D eigenvalue weighted by molar-refractivity contribution is 5.72. The van der Waals surface area contributed by atoms with Crippen LogP contribution in [-0.2, 0) is 6.54 Å². The van der Waals surface area contributed by atoms with Gasteiger partial charge in [0.05, 0.1) is 33.4 Å². The van der Waals surface area contributed by atoms with Crippen LogP contribution < -0.4 is 19.1 Å². The summed E-state index contributed by atoms with van der Waals surface area (Å²) in [6.45, 7) is 6.21. The molecule has 1 fully saturated rings. The summed E-state index contributed by atoms with van der Waals surface area (Å²) in [5, 5.41) is 4.15. The van der Waals surface area contributed by atoms with Crippen LogP contribution in [0.5, 0.6) is 17.2 Å².